The van der Waals surface area contributed by atoms with Crippen molar-refractivity contribution < 1.29 is 14.0 Å². The molecule has 8 nitrogen and oxygen atoms in total. The summed E-state index contributed by atoms with van der Waals surface area (Å²) < 4.78 is 7.07. The molecule has 1 aliphatic rings. The molecule has 2 aromatic heterocycles. The van der Waals surface area contributed by atoms with E-state index in [1.54, 1.807) is 27.9 Å². The highest BCUT2D eigenvalue weighted by Gasteiger charge is 2.19. The van der Waals surface area contributed by atoms with Crippen molar-refractivity contribution in [1.82, 2.24) is 25.0 Å². The summed E-state index contributed by atoms with van der Waals surface area (Å²) in [6.45, 7) is 1.63. The maximum absolute atomic E-state index is 11.9. The number of thioether (sulfide) groups is 1. The van der Waals surface area contributed by atoms with Gasteiger partial charge in [0.2, 0.25) is 11.8 Å². The molecule has 0 radical (unpaired) electrons. The Balaban J connectivity index is 1.47. The van der Waals surface area contributed by atoms with Crippen LogP contribution in [0.2, 0.25) is 0 Å². The number of furan rings is 1. The summed E-state index contributed by atoms with van der Waals surface area (Å²) in [6, 6.07) is 3.58. The molecule has 0 atom stereocenters. The van der Waals surface area contributed by atoms with Crippen LogP contribution in [0.25, 0.3) is 11.6 Å². The second kappa shape index (κ2) is 7.52. The minimum Gasteiger partial charge on any atom is -0.461 e. The third kappa shape index (κ3) is 3.78. The number of amides is 2. The highest BCUT2D eigenvalue weighted by atomic mass is 32.2. The number of hydrogen-bond acceptors (Lipinski definition) is 6. The standard InChI is InChI=1S/C15H19N5O3S/c1-19-14(11-5-4-8-23-11)17-18-15(19)24-10-12(21)16-9-13(22)20-6-2-3-7-20/h4-5,8H,2-3,6-7,9-10H2,1H3,(H,16,21). The van der Waals surface area contributed by atoms with Gasteiger partial charge in [-0.2, -0.15) is 0 Å². The Kier molecular flexibility index (Phi) is 5.19. The molecule has 0 spiro atoms. The smallest absolute Gasteiger partial charge is 0.241 e. The highest BCUT2D eigenvalue weighted by Crippen LogP contribution is 2.22. The van der Waals surface area contributed by atoms with Crippen LogP contribution >= 0.6 is 11.8 Å². The first-order chi connectivity index (χ1) is 11.6. The number of rotatable bonds is 6. The fourth-order valence-corrected chi connectivity index (χ4v) is 3.24. The van der Waals surface area contributed by atoms with E-state index in [9.17, 15) is 9.59 Å². The number of carbonyl (C=O) groups is 2. The van der Waals surface area contributed by atoms with Gasteiger partial charge in [0.25, 0.3) is 0 Å². The molecule has 0 aliphatic carbocycles. The molecular weight excluding hydrogens is 330 g/mol. The van der Waals surface area contributed by atoms with Gasteiger partial charge in [-0.05, 0) is 25.0 Å². The monoisotopic (exact) mass is 349 g/mol. The van der Waals surface area contributed by atoms with E-state index in [-0.39, 0.29) is 24.1 Å². The number of carbonyl (C=O) groups excluding carboxylic acids is 2. The van der Waals surface area contributed by atoms with Gasteiger partial charge in [0.15, 0.2) is 16.7 Å². The first-order valence-electron chi connectivity index (χ1n) is 7.75. The van der Waals surface area contributed by atoms with E-state index >= 15 is 0 Å². The van der Waals surface area contributed by atoms with Crippen molar-refractivity contribution in [3.63, 3.8) is 0 Å². The van der Waals surface area contributed by atoms with Crippen molar-refractivity contribution in [2.75, 3.05) is 25.4 Å². The van der Waals surface area contributed by atoms with Crippen molar-refractivity contribution >= 4 is 23.6 Å². The lowest BCUT2D eigenvalue weighted by Gasteiger charge is -2.15. The van der Waals surface area contributed by atoms with E-state index in [4.69, 9.17) is 4.42 Å². The number of aromatic nitrogens is 3. The third-order valence-corrected chi connectivity index (χ3v) is 4.82. The fourth-order valence-electron chi connectivity index (χ4n) is 2.49. The zero-order chi connectivity index (χ0) is 16.9. The highest BCUT2D eigenvalue weighted by molar-refractivity contribution is 7.99. The molecule has 9 heteroatoms. The molecule has 24 heavy (non-hydrogen) atoms. The number of likely N-dealkylation sites (tertiary alicyclic amines) is 1. The predicted octanol–water partition coefficient (Wildman–Crippen LogP) is 0.906. The number of hydrogen-bond donors (Lipinski definition) is 1. The second-order valence-corrected chi connectivity index (χ2v) is 6.44. The van der Waals surface area contributed by atoms with Gasteiger partial charge in [-0.1, -0.05) is 11.8 Å². The molecule has 3 rings (SSSR count). The van der Waals surface area contributed by atoms with Crippen molar-refractivity contribution in [2.45, 2.75) is 18.0 Å². The zero-order valence-corrected chi connectivity index (χ0v) is 14.2. The molecule has 1 aliphatic heterocycles. The second-order valence-electron chi connectivity index (χ2n) is 5.50. The molecule has 0 aromatic carbocycles. The molecule has 128 valence electrons. The van der Waals surface area contributed by atoms with Gasteiger partial charge in [0.05, 0.1) is 18.6 Å². The van der Waals surface area contributed by atoms with E-state index in [0.717, 1.165) is 25.9 Å². The molecule has 3 heterocycles. The van der Waals surface area contributed by atoms with Crippen molar-refractivity contribution in [1.29, 1.82) is 0 Å². The van der Waals surface area contributed by atoms with Gasteiger partial charge in [0.1, 0.15) is 0 Å². The summed E-state index contributed by atoms with van der Waals surface area (Å²) in [5.74, 6) is 1.18. The van der Waals surface area contributed by atoms with Gasteiger partial charge >= 0.3 is 0 Å². The van der Waals surface area contributed by atoms with Crippen LogP contribution in [0.15, 0.2) is 28.0 Å². The molecule has 0 bridgehead atoms. The maximum Gasteiger partial charge on any atom is 0.241 e. The lowest BCUT2D eigenvalue weighted by Crippen LogP contribution is -2.39. The van der Waals surface area contributed by atoms with E-state index in [2.05, 4.69) is 15.5 Å². The quantitative estimate of drug-likeness (QED) is 0.779. The first kappa shape index (κ1) is 16.6. The predicted molar refractivity (Wildman–Crippen MR) is 88.3 cm³/mol. The topological polar surface area (TPSA) is 93.3 Å². The van der Waals surface area contributed by atoms with E-state index in [0.29, 0.717) is 16.7 Å². The van der Waals surface area contributed by atoms with Gasteiger partial charge in [-0.15, -0.1) is 10.2 Å². The van der Waals surface area contributed by atoms with Crippen LogP contribution in [0.5, 0.6) is 0 Å². The largest absolute Gasteiger partial charge is 0.461 e. The van der Waals surface area contributed by atoms with Crippen LogP contribution in [0.1, 0.15) is 12.8 Å². The average molecular weight is 349 g/mol. The molecule has 0 saturated carbocycles. The van der Waals surface area contributed by atoms with Gasteiger partial charge in [-0.3, -0.25) is 9.59 Å². The Hall–Kier alpha value is -2.29. The molecule has 1 fully saturated rings. The molecule has 2 aromatic rings. The Morgan fingerprint density at radius 2 is 2.12 bits per heavy atom. The number of nitrogens with zero attached hydrogens (tertiary/aromatic N) is 4. The lowest BCUT2D eigenvalue weighted by molar-refractivity contribution is -0.131. The average Bonchev–Trinajstić information content (AvgIpc) is 3.32. The summed E-state index contributed by atoms with van der Waals surface area (Å²) in [6.07, 6.45) is 3.65. The minimum absolute atomic E-state index is 0.0235. The lowest BCUT2D eigenvalue weighted by atomic mass is 10.4. The molecule has 2 amide bonds. The van der Waals surface area contributed by atoms with Gasteiger partial charge in [-0.25, -0.2) is 0 Å². The van der Waals surface area contributed by atoms with Gasteiger partial charge in [0, 0.05) is 20.1 Å². The fraction of sp³-hybridized carbons (Fsp3) is 0.467. The van der Waals surface area contributed by atoms with Gasteiger partial charge < -0.3 is 19.2 Å². The van der Waals surface area contributed by atoms with Crippen LogP contribution < -0.4 is 5.32 Å². The molecule has 1 saturated heterocycles. The van der Waals surface area contributed by atoms with Crippen LogP contribution in [0, 0.1) is 0 Å². The SMILES string of the molecule is Cn1c(SCC(=O)NCC(=O)N2CCCC2)nnc1-c1ccco1. The zero-order valence-electron chi connectivity index (χ0n) is 13.4. The van der Waals surface area contributed by atoms with E-state index in [1.807, 2.05) is 7.05 Å². The Morgan fingerprint density at radius 3 is 2.83 bits per heavy atom. The summed E-state index contributed by atoms with van der Waals surface area (Å²) in [5.41, 5.74) is 0. The van der Waals surface area contributed by atoms with Crippen LogP contribution in [0.4, 0.5) is 0 Å². The minimum atomic E-state index is -0.199. The van der Waals surface area contributed by atoms with Crippen LogP contribution in [-0.2, 0) is 16.6 Å². The van der Waals surface area contributed by atoms with Crippen LogP contribution in [-0.4, -0.2) is 56.9 Å². The number of nitrogens with one attached hydrogen (secondary N) is 1. The molecule has 0 unspecified atom stereocenters. The van der Waals surface area contributed by atoms with E-state index in [1.165, 1.54) is 11.8 Å². The van der Waals surface area contributed by atoms with E-state index < -0.39 is 0 Å². The first-order valence-corrected chi connectivity index (χ1v) is 8.74. The summed E-state index contributed by atoms with van der Waals surface area (Å²) in [5, 5.41) is 11.4. The Morgan fingerprint density at radius 1 is 1.33 bits per heavy atom. The Labute approximate surface area is 143 Å². The van der Waals surface area contributed by atoms with Crippen LogP contribution in [0.3, 0.4) is 0 Å². The maximum atomic E-state index is 11.9. The molecule has 1 N–H and O–H groups in total. The van der Waals surface area contributed by atoms with Crippen molar-refractivity contribution in [2.24, 2.45) is 7.05 Å². The van der Waals surface area contributed by atoms with Crippen molar-refractivity contribution in [3.8, 4) is 11.6 Å². The van der Waals surface area contributed by atoms with Crippen molar-refractivity contribution in [3.05, 3.63) is 18.4 Å². The molecular formula is C15H19N5O3S. The summed E-state index contributed by atoms with van der Waals surface area (Å²) in [4.78, 5) is 25.6. The summed E-state index contributed by atoms with van der Waals surface area (Å²) >= 11 is 1.27. The summed E-state index contributed by atoms with van der Waals surface area (Å²) in [7, 11) is 1.81. The normalized spacial score (nSPS) is 14.1. The Bertz CT molecular complexity index is 707. The third-order valence-electron chi connectivity index (χ3n) is 3.80.